The lowest BCUT2D eigenvalue weighted by molar-refractivity contribution is -0.139. The molecule has 2 aromatic rings. The molecule has 0 saturated carbocycles. The molecule has 0 aliphatic heterocycles. The summed E-state index contributed by atoms with van der Waals surface area (Å²) in [5, 5.41) is 0.495. The minimum atomic E-state index is -4.39. The van der Waals surface area contributed by atoms with Gasteiger partial charge in [-0.2, -0.15) is 13.2 Å². The molecule has 1 unspecified atom stereocenters. The molecule has 6 heteroatoms. The Morgan fingerprint density at radius 1 is 1.16 bits per heavy atom. The highest BCUT2D eigenvalue weighted by atomic mass is 79.9. The van der Waals surface area contributed by atoms with Crippen LogP contribution in [0.1, 0.15) is 33.7 Å². The summed E-state index contributed by atoms with van der Waals surface area (Å²) in [6.45, 7) is 3.77. The Bertz CT molecular complexity index is 777. The van der Waals surface area contributed by atoms with E-state index < -0.39 is 12.1 Å². The van der Waals surface area contributed by atoms with Crippen molar-refractivity contribution in [3.63, 3.8) is 0 Å². The SMILES string of the molecule is Cc1cc(C(/C=C/c2ccc(CN)c(Br)c2)C(F)(F)F)cc(C)c1Cl. The maximum atomic E-state index is 13.6. The zero-order valence-corrected chi connectivity index (χ0v) is 16.1. The van der Waals surface area contributed by atoms with Gasteiger partial charge in [-0.3, -0.25) is 0 Å². The van der Waals surface area contributed by atoms with Crippen LogP contribution in [0.15, 0.2) is 40.9 Å². The van der Waals surface area contributed by atoms with Crippen LogP contribution in [-0.4, -0.2) is 6.18 Å². The Morgan fingerprint density at radius 2 is 1.76 bits per heavy atom. The summed E-state index contributed by atoms with van der Waals surface area (Å²) in [6, 6.07) is 8.28. The summed E-state index contributed by atoms with van der Waals surface area (Å²) < 4.78 is 41.5. The Kier molecular flexibility index (Phi) is 6.35. The number of nitrogens with two attached hydrogens (primary N) is 1. The molecule has 1 nitrogen and oxygen atoms in total. The van der Waals surface area contributed by atoms with Crippen molar-refractivity contribution < 1.29 is 13.2 Å². The molecule has 0 heterocycles. The number of hydrogen-bond acceptors (Lipinski definition) is 1. The highest BCUT2D eigenvalue weighted by Crippen LogP contribution is 2.38. The Labute approximate surface area is 158 Å². The van der Waals surface area contributed by atoms with Gasteiger partial charge in [0.25, 0.3) is 0 Å². The van der Waals surface area contributed by atoms with Crippen LogP contribution in [-0.2, 0) is 6.54 Å². The van der Waals surface area contributed by atoms with Gasteiger partial charge in [0.15, 0.2) is 0 Å². The van der Waals surface area contributed by atoms with Crippen molar-refractivity contribution in [3.05, 3.63) is 73.7 Å². The normalized spacial score (nSPS) is 13.4. The van der Waals surface area contributed by atoms with Gasteiger partial charge in [0.1, 0.15) is 0 Å². The van der Waals surface area contributed by atoms with E-state index in [0.717, 1.165) is 10.0 Å². The summed E-state index contributed by atoms with van der Waals surface area (Å²) in [7, 11) is 0. The van der Waals surface area contributed by atoms with Crippen molar-refractivity contribution in [1.82, 2.24) is 0 Å². The summed E-state index contributed by atoms with van der Waals surface area (Å²) in [5.41, 5.74) is 8.60. The number of rotatable bonds is 4. The number of halogens is 5. The lowest BCUT2D eigenvalue weighted by Crippen LogP contribution is -2.19. The number of alkyl halides is 3. The Hall–Kier alpha value is -1.30. The lowest BCUT2D eigenvalue weighted by atomic mass is 9.94. The molecular weight excluding hydrogens is 415 g/mol. The Morgan fingerprint density at radius 3 is 2.24 bits per heavy atom. The van der Waals surface area contributed by atoms with Gasteiger partial charge in [-0.1, -0.05) is 63.9 Å². The molecule has 0 spiro atoms. The van der Waals surface area contributed by atoms with Crippen LogP contribution in [0.5, 0.6) is 0 Å². The number of allylic oxidation sites excluding steroid dienone is 1. The molecular formula is C19H18BrClF3N. The maximum Gasteiger partial charge on any atom is 0.399 e. The molecule has 0 amide bonds. The highest BCUT2D eigenvalue weighted by Gasteiger charge is 2.39. The zero-order valence-electron chi connectivity index (χ0n) is 13.8. The molecule has 2 rings (SSSR count). The average molecular weight is 433 g/mol. The van der Waals surface area contributed by atoms with Gasteiger partial charge in [0.2, 0.25) is 0 Å². The molecule has 2 N–H and O–H groups in total. The second-order valence-corrected chi connectivity index (χ2v) is 7.13. The van der Waals surface area contributed by atoms with E-state index in [1.807, 2.05) is 0 Å². The second-order valence-electron chi connectivity index (χ2n) is 5.90. The molecule has 0 fully saturated rings. The molecule has 0 bridgehead atoms. The fourth-order valence-corrected chi connectivity index (χ4v) is 3.28. The molecule has 0 aromatic heterocycles. The highest BCUT2D eigenvalue weighted by molar-refractivity contribution is 9.10. The monoisotopic (exact) mass is 431 g/mol. The molecule has 0 aliphatic carbocycles. The quantitative estimate of drug-likeness (QED) is 0.583. The van der Waals surface area contributed by atoms with Crippen molar-refractivity contribution in [2.24, 2.45) is 5.73 Å². The maximum absolute atomic E-state index is 13.6. The van der Waals surface area contributed by atoms with E-state index in [4.69, 9.17) is 17.3 Å². The van der Waals surface area contributed by atoms with Crippen LogP contribution in [0.3, 0.4) is 0 Å². The summed E-state index contributed by atoms with van der Waals surface area (Å²) in [6.07, 6.45) is -1.74. The van der Waals surface area contributed by atoms with E-state index in [1.54, 1.807) is 32.0 Å². The fraction of sp³-hybridized carbons (Fsp3) is 0.263. The van der Waals surface area contributed by atoms with Gasteiger partial charge < -0.3 is 5.73 Å². The second kappa shape index (κ2) is 7.94. The van der Waals surface area contributed by atoms with Crippen LogP contribution in [0.2, 0.25) is 5.02 Å². The van der Waals surface area contributed by atoms with Crippen molar-refractivity contribution >= 4 is 33.6 Å². The first kappa shape index (κ1) is 20.0. The molecule has 134 valence electrons. The number of aryl methyl sites for hydroxylation is 2. The van der Waals surface area contributed by atoms with E-state index >= 15 is 0 Å². The molecule has 25 heavy (non-hydrogen) atoms. The first-order valence-corrected chi connectivity index (χ1v) is 8.80. The lowest BCUT2D eigenvalue weighted by Gasteiger charge is -2.19. The van der Waals surface area contributed by atoms with Crippen molar-refractivity contribution in [2.45, 2.75) is 32.5 Å². The van der Waals surface area contributed by atoms with Gasteiger partial charge in [0.05, 0.1) is 5.92 Å². The minimum Gasteiger partial charge on any atom is -0.326 e. The topological polar surface area (TPSA) is 26.0 Å². The van der Waals surface area contributed by atoms with Crippen LogP contribution in [0, 0.1) is 13.8 Å². The largest absolute Gasteiger partial charge is 0.399 e. The predicted octanol–water partition coefficient (Wildman–Crippen LogP) is 6.54. The van der Waals surface area contributed by atoms with Gasteiger partial charge in [-0.05, 0) is 47.7 Å². The van der Waals surface area contributed by atoms with Crippen molar-refractivity contribution in [3.8, 4) is 0 Å². The third-order valence-corrected chi connectivity index (χ3v) is 5.28. The first-order chi connectivity index (χ1) is 11.6. The van der Waals surface area contributed by atoms with Gasteiger partial charge in [-0.25, -0.2) is 0 Å². The zero-order chi connectivity index (χ0) is 18.8. The van der Waals surface area contributed by atoms with Crippen molar-refractivity contribution in [2.75, 3.05) is 0 Å². The summed E-state index contributed by atoms with van der Waals surface area (Å²) >= 11 is 9.45. The number of hydrogen-bond donors (Lipinski definition) is 1. The van der Waals surface area contributed by atoms with Gasteiger partial charge in [0, 0.05) is 16.0 Å². The van der Waals surface area contributed by atoms with Crippen LogP contribution in [0.25, 0.3) is 6.08 Å². The molecule has 0 aliphatic rings. The standard InChI is InChI=1S/C19H18BrClF3N/c1-11-7-15(8-12(2)18(11)21)16(19(22,23)24)6-4-13-3-5-14(10-25)17(20)9-13/h3-9,16H,10,25H2,1-2H3/b6-4+. The molecule has 0 saturated heterocycles. The third-order valence-electron chi connectivity index (χ3n) is 3.95. The van der Waals surface area contributed by atoms with E-state index in [-0.39, 0.29) is 5.56 Å². The smallest absolute Gasteiger partial charge is 0.326 e. The van der Waals surface area contributed by atoms with Crippen molar-refractivity contribution in [1.29, 1.82) is 0 Å². The molecule has 1 atom stereocenters. The number of benzene rings is 2. The third kappa shape index (κ3) is 4.87. The summed E-state index contributed by atoms with van der Waals surface area (Å²) in [5.74, 6) is -1.70. The van der Waals surface area contributed by atoms with E-state index in [0.29, 0.717) is 28.3 Å². The Balaban J connectivity index is 2.41. The summed E-state index contributed by atoms with van der Waals surface area (Å²) in [4.78, 5) is 0. The fourth-order valence-electron chi connectivity index (χ4n) is 2.61. The van der Waals surface area contributed by atoms with Crippen LogP contribution >= 0.6 is 27.5 Å². The van der Waals surface area contributed by atoms with Gasteiger partial charge >= 0.3 is 6.18 Å². The first-order valence-electron chi connectivity index (χ1n) is 7.63. The van der Waals surface area contributed by atoms with Crippen LogP contribution < -0.4 is 5.73 Å². The van der Waals surface area contributed by atoms with Gasteiger partial charge in [-0.15, -0.1) is 0 Å². The predicted molar refractivity (Wildman–Crippen MR) is 101 cm³/mol. The van der Waals surface area contributed by atoms with Crippen LogP contribution in [0.4, 0.5) is 13.2 Å². The average Bonchev–Trinajstić information content (AvgIpc) is 2.51. The van der Waals surface area contributed by atoms with E-state index in [1.165, 1.54) is 24.3 Å². The molecule has 2 aromatic carbocycles. The van der Waals surface area contributed by atoms with E-state index in [9.17, 15) is 13.2 Å². The molecule has 0 radical (unpaired) electrons. The van der Waals surface area contributed by atoms with E-state index in [2.05, 4.69) is 15.9 Å². The minimum absolute atomic E-state index is 0.181.